The van der Waals surface area contributed by atoms with Gasteiger partial charge in [-0.05, 0) is 62.2 Å². The molecule has 10 heteroatoms. The summed E-state index contributed by atoms with van der Waals surface area (Å²) in [6.07, 6.45) is 7.18. The number of hydrogen-bond acceptors (Lipinski definition) is 8. The van der Waals surface area contributed by atoms with E-state index in [0.29, 0.717) is 48.1 Å². The Morgan fingerprint density at radius 1 is 1.19 bits per heavy atom. The Hall–Kier alpha value is -3.89. The fraction of sp³-hybridized carbons (Fsp3) is 0.438. The number of carboxylic acid groups (broad SMARTS) is 1. The Kier molecular flexibility index (Phi) is 7.67. The molecule has 3 aliphatic heterocycles. The SMILES string of the molecule is COCCN1C(CN2CCC(c3cccc4c3OC(C)(c3ccc(OC)cc3F)O4)CC2)=NC2C=CC(C(=O)O)=CC21. The number of aliphatic carboxylic acids is 1. The van der Waals surface area contributed by atoms with Crippen LogP contribution in [0.2, 0.25) is 0 Å². The van der Waals surface area contributed by atoms with Gasteiger partial charge in [-0.3, -0.25) is 9.89 Å². The fourth-order valence-corrected chi connectivity index (χ4v) is 6.38. The van der Waals surface area contributed by atoms with Crippen LogP contribution in [0.4, 0.5) is 4.39 Å². The summed E-state index contributed by atoms with van der Waals surface area (Å²) < 4.78 is 38.0. The summed E-state index contributed by atoms with van der Waals surface area (Å²) in [5.74, 6) is 0.309. The van der Waals surface area contributed by atoms with Crippen molar-refractivity contribution in [3.63, 3.8) is 0 Å². The number of para-hydroxylation sites is 1. The third-order valence-electron chi connectivity index (χ3n) is 8.61. The number of amidine groups is 1. The number of likely N-dealkylation sites (tertiary alicyclic amines) is 1. The van der Waals surface area contributed by atoms with Crippen molar-refractivity contribution >= 4 is 11.8 Å². The van der Waals surface area contributed by atoms with E-state index in [1.807, 2.05) is 18.2 Å². The average molecular weight is 578 g/mol. The molecule has 9 nitrogen and oxygen atoms in total. The van der Waals surface area contributed by atoms with E-state index in [9.17, 15) is 14.3 Å². The lowest BCUT2D eigenvalue weighted by Crippen LogP contribution is -2.46. The van der Waals surface area contributed by atoms with E-state index < -0.39 is 17.6 Å². The molecule has 3 heterocycles. The normalized spacial score (nSPS) is 25.3. The zero-order valence-corrected chi connectivity index (χ0v) is 24.1. The number of benzene rings is 2. The van der Waals surface area contributed by atoms with Crippen molar-refractivity contribution in [2.45, 2.75) is 43.6 Å². The molecule has 1 N–H and O–H groups in total. The molecule has 1 fully saturated rings. The van der Waals surface area contributed by atoms with Crippen molar-refractivity contribution in [2.24, 2.45) is 4.99 Å². The van der Waals surface area contributed by atoms with E-state index >= 15 is 0 Å². The minimum atomic E-state index is -1.28. The predicted molar refractivity (Wildman–Crippen MR) is 155 cm³/mol. The number of methoxy groups -OCH3 is 2. The fourth-order valence-electron chi connectivity index (χ4n) is 6.38. The number of ether oxygens (including phenoxy) is 4. The van der Waals surface area contributed by atoms with Crippen LogP contribution in [0.5, 0.6) is 17.2 Å². The van der Waals surface area contributed by atoms with E-state index in [4.69, 9.17) is 23.9 Å². The van der Waals surface area contributed by atoms with Gasteiger partial charge in [0, 0.05) is 32.2 Å². The maximum Gasteiger partial charge on any atom is 0.335 e. The molecule has 1 aliphatic carbocycles. The van der Waals surface area contributed by atoms with Gasteiger partial charge in [-0.25, -0.2) is 9.18 Å². The highest BCUT2D eigenvalue weighted by atomic mass is 19.1. The zero-order valence-electron chi connectivity index (χ0n) is 24.1. The number of aliphatic imine (C=N–C) groups is 1. The molecule has 6 rings (SSSR count). The van der Waals surface area contributed by atoms with Crippen LogP contribution in [0.1, 0.15) is 36.8 Å². The monoisotopic (exact) mass is 577 g/mol. The number of carboxylic acids is 1. The number of fused-ring (bicyclic) bond motifs is 2. The van der Waals surface area contributed by atoms with Gasteiger partial charge in [-0.15, -0.1) is 0 Å². The van der Waals surface area contributed by atoms with Crippen LogP contribution in [-0.2, 0) is 15.3 Å². The summed E-state index contributed by atoms with van der Waals surface area (Å²) >= 11 is 0. The summed E-state index contributed by atoms with van der Waals surface area (Å²) in [7, 11) is 3.17. The van der Waals surface area contributed by atoms with Crippen molar-refractivity contribution in [2.75, 3.05) is 47.0 Å². The van der Waals surface area contributed by atoms with Crippen LogP contribution in [0.3, 0.4) is 0 Å². The lowest BCUT2D eigenvalue weighted by atomic mass is 9.88. The summed E-state index contributed by atoms with van der Waals surface area (Å²) in [4.78, 5) is 21.1. The number of rotatable bonds is 9. The first-order chi connectivity index (χ1) is 20.3. The van der Waals surface area contributed by atoms with Gasteiger partial charge in [0.25, 0.3) is 5.79 Å². The second-order valence-corrected chi connectivity index (χ2v) is 11.2. The van der Waals surface area contributed by atoms with Crippen molar-refractivity contribution in [1.29, 1.82) is 0 Å². The van der Waals surface area contributed by atoms with Crippen LogP contribution < -0.4 is 14.2 Å². The average Bonchev–Trinajstić information content (AvgIpc) is 3.52. The number of nitrogens with zero attached hydrogens (tertiary/aromatic N) is 3. The number of halogens is 1. The first-order valence-corrected chi connectivity index (χ1v) is 14.3. The second-order valence-electron chi connectivity index (χ2n) is 11.2. The number of hydrogen-bond donors (Lipinski definition) is 1. The molecule has 42 heavy (non-hydrogen) atoms. The maximum absolute atomic E-state index is 15.0. The van der Waals surface area contributed by atoms with Gasteiger partial charge < -0.3 is 29.0 Å². The molecule has 222 valence electrons. The Bertz CT molecular complexity index is 1450. The van der Waals surface area contributed by atoms with Gasteiger partial charge >= 0.3 is 5.97 Å². The molecule has 0 radical (unpaired) electrons. The highest BCUT2D eigenvalue weighted by Crippen LogP contribution is 2.50. The lowest BCUT2D eigenvalue weighted by molar-refractivity contribution is -0.132. The van der Waals surface area contributed by atoms with Crippen molar-refractivity contribution in [3.05, 3.63) is 77.1 Å². The van der Waals surface area contributed by atoms with Crippen LogP contribution in [0, 0.1) is 5.82 Å². The summed E-state index contributed by atoms with van der Waals surface area (Å²) in [6.45, 7) is 5.35. The molecule has 0 spiro atoms. The van der Waals surface area contributed by atoms with Crippen molar-refractivity contribution in [1.82, 2.24) is 9.80 Å². The van der Waals surface area contributed by atoms with Crippen molar-refractivity contribution < 1.29 is 33.2 Å². The largest absolute Gasteiger partial charge is 0.497 e. The Balaban J connectivity index is 1.13. The predicted octanol–water partition coefficient (Wildman–Crippen LogP) is 4.34. The third-order valence-corrected chi connectivity index (χ3v) is 8.61. The molecule has 1 saturated heterocycles. The molecule has 0 amide bonds. The molecule has 4 aliphatic rings. The first-order valence-electron chi connectivity index (χ1n) is 14.3. The van der Waals surface area contributed by atoms with Gasteiger partial charge in [0.05, 0.1) is 43.5 Å². The highest BCUT2D eigenvalue weighted by Gasteiger charge is 2.43. The zero-order chi connectivity index (χ0) is 29.4. The standard InChI is InChI=1S/C32H36FN3O6/c1-32(24-9-8-22(40-3)18-25(24)33)41-28-6-4-5-23(30(28)42-32)20-11-13-35(14-12-20)19-29-34-26-10-7-21(31(37)38)17-27(26)36(29)15-16-39-2/h4-10,17-18,20,26-27H,11-16,19H2,1-3H3,(H,37,38). The number of piperidine rings is 1. The smallest absolute Gasteiger partial charge is 0.335 e. The Morgan fingerprint density at radius 2 is 2.00 bits per heavy atom. The Labute approximate surface area is 244 Å². The highest BCUT2D eigenvalue weighted by molar-refractivity contribution is 5.92. The van der Waals surface area contributed by atoms with E-state index in [1.54, 1.807) is 38.3 Å². The molecule has 0 bridgehead atoms. The minimum absolute atomic E-state index is 0.0913. The molecule has 2 aromatic rings. The van der Waals surface area contributed by atoms with Crippen molar-refractivity contribution in [3.8, 4) is 17.2 Å². The minimum Gasteiger partial charge on any atom is -0.497 e. The quantitative estimate of drug-likeness (QED) is 0.471. The van der Waals surface area contributed by atoms with Crippen LogP contribution in [-0.4, -0.2) is 85.8 Å². The Morgan fingerprint density at radius 3 is 2.71 bits per heavy atom. The van der Waals surface area contributed by atoms with E-state index in [-0.39, 0.29) is 18.0 Å². The molecular formula is C32H36FN3O6. The first kappa shape index (κ1) is 28.2. The molecular weight excluding hydrogens is 541 g/mol. The summed E-state index contributed by atoms with van der Waals surface area (Å²) in [6, 6.07) is 10.4. The molecule has 3 atom stereocenters. The third kappa shape index (κ3) is 5.25. The number of carbonyl (C=O) groups is 1. The van der Waals surface area contributed by atoms with Crippen LogP contribution in [0.25, 0.3) is 0 Å². The lowest BCUT2D eigenvalue weighted by Gasteiger charge is -2.35. The molecule has 2 aromatic carbocycles. The molecule has 0 aromatic heterocycles. The van der Waals surface area contributed by atoms with Gasteiger partial charge in [0.2, 0.25) is 0 Å². The van der Waals surface area contributed by atoms with Gasteiger partial charge in [0.15, 0.2) is 11.5 Å². The van der Waals surface area contributed by atoms with E-state index in [1.165, 1.54) is 13.2 Å². The molecule has 3 unspecified atom stereocenters. The summed E-state index contributed by atoms with van der Waals surface area (Å²) in [5, 5.41) is 9.50. The maximum atomic E-state index is 15.0. The topological polar surface area (TPSA) is 93.1 Å². The summed E-state index contributed by atoms with van der Waals surface area (Å²) in [5.41, 5.74) is 1.69. The van der Waals surface area contributed by atoms with Gasteiger partial charge in [0.1, 0.15) is 17.4 Å². The van der Waals surface area contributed by atoms with E-state index in [2.05, 4.69) is 15.9 Å². The van der Waals surface area contributed by atoms with Gasteiger partial charge in [-0.2, -0.15) is 0 Å². The van der Waals surface area contributed by atoms with Crippen LogP contribution in [0.15, 0.2) is 65.2 Å². The second kappa shape index (κ2) is 11.4. The van der Waals surface area contributed by atoms with Crippen LogP contribution >= 0.6 is 0 Å². The van der Waals surface area contributed by atoms with Gasteiger partial charge in [-0.1, -0.05) is 18.2 Å². The molecule has 0 saturated carbocycles. The van der Waals surface area contributed by atoms with E-state index in [0.717, 1.165) is 37.3 Å².